The summed E-state index contributed by atoms with van der Waals surface area (Å²) in [5.74, 6) is 1.03. The highest BCUT2D eigenvalue weighted by Crippen LogP contribution is 2.24. The molecule has 0 radical (unpaired) electrons. The van der Waals surface area contributed by atoms with E-state index in [-0.39, 0.29) is 0 Å². The van der Waals surface area contributed by atoms with Crippen molar-refractivity contribution in [3.05, 3.63) is 24.5 Å². The first-order valence-corrected chi connectivity index (χ1v) is 7.43. The summed E-state index contributed by atoms with van der Waals surface area (Å²) in [7, 11) is 0. The van der Waals surface area contributed by atoms with Gasteiger partial charge in [-0.05, 0) is 37.9 Å². The Morgan fingerprint density at radius 3 is 3.05 bits per heavy atom. The third-order valence-corrected chi connectivity index (χ3v) is 3.87. The Bertz CT molecular complexity index is 571. The largest absolute Gasteiger partial charge is 0.352 e. The highest BCUT2D eigenvalue weighted by atomic mass is 15.2. The minimum absolute atomic E-state index is 0.533. The molecule has 3 rings (SSSR count). The van der Waals surface area contributed by atoms with Gasteiger partial charge >= 0.3 is 0 Å². The molecule has 0 spiro atoms. The van der Waals surface area contributed by atoms with Gasteiger partial charge in [0, 0.05) is 31.5 Å². The van der Waals surface area contributed by atoms with Crippen LogP contribution in [0.15, 0.2) is 24.5 Å². The van der Waals surface area contributed by atoms with Gasteiger partial charge in [0.15, 0.2) is 5.65 Å². The van der Waals surface area contributed by atoms with Crippen molar-refractivity contribution >= 4 is 17.0 Å². The molecule has 1 aliphatic heterocycles. The molecule has 5 heteroatoms. The van der Waals surface area contributed by atoms with Crippen LogP contribution < -0.4 is 10.2 Å². The maximum absolute atomic E-state index is 4.68. The molecule has 2 aromatic rings. The fourth-order valence-corrected chi connectivity index (χ4v) is 2.83. The summed E-state index contributed by atoms with van der Waals surface area (Å²) < 4.78 is 0. The first kappa shape index (κ1) is 13.2. The van der Waals surface area contributed by atoms with Gasteiger partial charge in [-0.15, -0.1) is 0 Å². The van der Waals surface area contributed by atoms with E-state index < -0.39 is 0 Å². The van der Waals surface area contributed by atoms with Crippen molar-refractivity contribution in [3.8, 4) is 0 Å². The highest BCUT2D eigenvalue weighted by Gasteiger charge is 2.23. The first-order valence-electron chi connectivity index (χ1n) is 7.43. The molecule has 0 amide bonds. The first-order chi connectivity index (χ1) is 9.88. The Morgan fingerprint density at radius 1 is 1.25 bits per heavy atom. The molecular formula is C15H21N5. The Morgan fingerprint density at radius 2 is 2.15 bits per heavy atom. The van der Waals surface area contributed by atoms with E-state index in [2.05, 4.69) is 38.2 Å². The third kappa shape index (κ3) is 2.72. The van der Waals surface area contributed by atoms with Crippen LogP contribution in [0, 0.1) is 0 Å². The van der Waals surface area contributed by atoms with Crippen LogP contribution in [-0.2, 0) is 0 Å². The van der Waals surface area contributed by atoms with Gasteiger partial charge in [0.1, 0.15) is 11.3 Å². The van der Waals surface area contributed by atoms with Crippen molar-refractivity contribution in [3.63, 3.8) is 0 Å². The molecule has 1 N–H and O–H groups in total. The van der Waals surface area contributed by atoms with Crippen molar-refractivity contribution in [2.24, 2.45) is 0 Å². The predicted octanol–water partition coefficient (Wildman–Crippen LogP) is 1.99. The zero-order valence-corrected chi connectivity index (χ0v) is 11.9. The minimum atomic E-state index is 0.533. The summed E-state index contributed by atoms with van der Waals surface area (Å²) in [5.41, 5.74) is 1.59. The molecule has 1 fully saturated rings. The van der Waals surface area contributed by atoms with Crippen molar-refractivity contribution < 1.29 is 0 Å². The molecule has 20 heavy (non-hydrogen) atoms. The van der Waals surface area contributed by atoms with Crippen molar-refractivity contribution in [1.29, 1.82) is 0 Å². The number of nitrogens with one attached hydrogen (secondary N) is 1. The van der Waals surface area contributed by atoms with Crippen LogP contribution in [0.1, 0.15) is 26.2 Å². The number of fused-ring (bicyclic) bond motifs is 1. The summed E-state index contributed by atoms with van der Waals surface area (Å²) in [6, 6.07) is 4.62. The maximum Gasteiger partial charge on any atom is 0.180 e. The molecule has 3 heterocycles. The van der Waals surface area contributed by atoms with Gasteiger partial charge in [-0.2, -0.15) is 0 Å². The van der Waals surface area contributed by atoms with E-state index >= 15 is 0 Å². The second-order valence-corrected chi connectivity index (χ2v) is 5.22. The lowest BCUT2D eigenvalue weighted by Crippen LogP contribution is -2.46. The number of hydrogen-bond donors (Lipinski definition) is 1. The van der Waals surface area contributed by atoms with E-state index in [9.17, 15) is 0 Å². The van der Waals surface area contributed by atoms with Gasteiger partial charge in [-0.1, -0.05) is 6.92 Å². The van der Waals surface area contributed by atoms with Crippen LogP contribution in [0.4, 0.5) is 5.82 Å². The molecule has 0 bridgehead atoms. The van der Waals surface area contributed by atoms with Crippen LogP contribution in [0.5, 0.6) is 0 Å². The van der Waals surface area contributed by atoms with Gasteiger partial charge in [0.05, 0.1) is 0 Å². The fourth-order valence-electron chi connectivity index (χ4n) is 2.83. The molecule has 2 aromatic heterocycles. The number of aromatic nitrogens is 3. The molecule has 1 atom stereocenters. The van der Waals surface area contributed by atoms with Crippen molar-refractivity contribution in [2.75, 3.05) is 24.5 Å². The van der Waals surface area contributed by atoms with E-state index in [1.165, 1.54) is 19.3 Å². The second-order valence-electron chi connectivity index (χ2n) is 5.22. The highest BCUT2D eigenvalue weighted by molar-refractivity contribution is 5.71. The lowest BCUT2D eigenvalue weighted by molar-refractivity contribution is 0.436. The standard InChI is InChI=1S/C15H21N5/c1-2-16-11-12-5-3-4-10-20(12)14-7-6-13-15(19-14)18-9-8-17-13/h6-9,12,16H,2-5,10-11H2,1H3. The Labute approximate surface area is 119 Å². The fraction of sp³-hybridized carbons (Fsp3) is 0.533. The van der Waals surface area contributed by atoms with E-state index in [0.29, 0.717) is 6.04 Å². The summed E-state index contributed by atoms with van der Waals surface area (Å²) >= 11 is 0. The van der Waals surface area contributed by atoms with E-state index in [4.69, 9.17) is 0 Å². The number of likely N-dealkylation sites (N-methyl/N-ethyl adjacent to an activating group) is 1. The molecular weight excluding hydrogens is 250 g/mol. The topological polar surface area (TPSA) is 53.9 Å². The van der Waals surface area contributed by atoms with Crippen LogP contribution in [-0.4, -0.2) is 40.6 Å². The van der Waals surface area contributed by atoms with Gasteiger partial charge < -0.3 is 10.2 Å². The normalized spacial score (nSPS) is 19.4. The summed E-state index contributed by atoms with van der Waals surface area (Å²) in [4.78, 5) is 15.7. The number of piperidine rings is 1. The van der Waals surface area contributed by atoms with Crippen molar-refractivity contribution in [2.45, 2.75) is 32.2 Å². The lowest BCUT2D eigenvalue weighted by atomic mass is 10.0. The van der Waals surface area contributed by atoms with Crippen LogP contribution in [0.2, 0.25) is 0 Å². The molecule has 0 aliphatic carbocycles. The number of hydrogen-bond acceptors (Lipinski definition) is 5. The molecule has 5 nitrogen and oxygen atoms in total. The SMILES string of the molecule is CCNCC1CCCCN1c1ccc2nccnc2n1. The number of rotatable bonds is 4. The monoisotopic (exact) mass is 271 g/mol. The molecule has 0 saturated carbocycles. The number of anilines is 1. The van der Waals surface area contributed by atoms with E-state index in [1.807, 2.05) is 6.07 Å². The number of pyridine rings is 1. The van der Waals surface area contributed by atoms with E-state index in [0.717, 1.165) is 36.6 Å². The van der Waals surface area contributed by atoms with Crippen molar-refractivity contribution in [1.82, 2.24) is 20.3 Å². The average molecular weight is 271 g/mol. The quantitative estimate of drug-likeness (QED) is 0.921. The lowest BCUT2D eigenvalue weighted by Gasteiger charge is -2.36. The number of nitrogens with zero attached hydrogens (tertiary/aromatic N) is 4. The maximum atomic E-state index is 4.68. The van der Waals surface area contributed by atoms with Gasteiger partial charge in [0.2, 0.25) is 0 Å². The summed E-state index contributed by atoms with van der Waals surface area (Å²) in [6.07, 6.45) is 7.18. The Kier molecular flexibility index (Phi) is 4.06. The predicted molar refractivity (Wildman–Crippen MR) is 80.9 cm³/mol. The zero-order valence-electron chi connectivity index (χ0n) is 11.9. The molecule has 0 aromatic carbocycles. The minimum Gasteiger partial charge on any atom is -0.352 e. The molecule has 106 valence electrons. The van der Waals surface area contributed by atoms with Gasteiger partial charge in [0.25, 0.3) is 0 Å². The zero-order chi connectivity index (χ0) is 13.8. The van der Waals surface area contributed by atoms with Gasteiger partial charge in [-0.3, -0.25) is 4.98 Å². The Hall–Kier alpha value is -1.75. The molecule has 1 saturated heterocycles. The average Bonchev–Trinajstić information content (AvgIpc) is 2.53. The van der Waals surface area contributed by atoms with E-state index in [1.54, 1.807) is 12.4 Å². The molecule has 1 unspecified atom stereocenters. The van der Waals surface area contributed by atoms with Gasteiger partial charge in [-0.25, -0.2) is 9.97 Å². The van der Waals surface area contributed by atoms with Crippen LogP contribution in [0.25, 0.3) is 11.2 Å². The summed E-state index contributed by atoms with van der Waals surface area (Å²) in [6.45, 7) is 5.27. The second kappa shape index (κ2) is 6.13. The van der Waals surface area contributed by atoms with Crippen LogP contribution in [0.3, 0.4) is 0 Å². The molecule has 1 aliphatic rings. The Balaban J connectivity index is 1.86. The smallest absolute Gasteiger partial charge is 0.180 e. The third-order valence-electron chi connectivity index (χ3n) is 3.87. The summed E-state index contributed by atoms with van der Waals surface area (Å²) in [5, 5.41) is 3.46. The van der Waals surface area contributed by atoms with Crippen LogP contribution >= 0.6 is 0 Å².